The van der Waals surface area contributed by atoms with E-state index in [1.165, 1.54) is 51.4 Å². The van der Waals surface area contributed by atoms with Gasteiger partial charge in [-0.1, -0.05) is 57.6 Å². The molecule has 1 aliphatic rings. The van der Waals surface area contributed by atoms with Gasteiger partial charge in [-0.15, -0.1) is 5.10 Å². The average molecular weight is 430 g/mol. The van der Waals surface area contributed by atoms with Crippen LogP contribution in [0, 0.1) is 5.92 Å². The second kappa shape index (κ2) is 13.3. The minimum absolute atomic E-state index is 0.0405. The van der Waals surface area contributed by atoms with Crippen LogP contribution in [-0.2, 0) is 22.6 Å². The second-order valence-electron chi connectivity index (χ2n) is 8.30. The van der Waals surface area contributed by atoms with E-state index in [1.807, 2.05) is 10.9 Å². The number of aliphatic hydroxyl groups excluding tert-OH is 4. The molecule has 30 heavy (non-hydrogen) atoms. The molecule has 1 fully saturated rings. The number of ether oxygens (including phenoxy) is 2. The molecule has 1 aromatic rings. The van der Waals surface area contributed by atoms with Crippen LogP contribution in [0.1, 0.15) is 70.9 Å². The zero-order chi connectivity index (χ0) is 21.9. The summed E-state index contributed by atoms with van der Waals surface area (Å²) >= 11 is 0. The molecule has 6 atom stereocenters. The lowest BCUT2D eigenvalue weighted by Gasteiger charge is -2.39. The lowest BCUT2D eigenvalue weighted by atomic mass is 9.95. The number of hydrogen-bond donors (Lipinski definition) is 4. The highest BCUT2D eigenvalue weighted by atomic mass is 16.7. The van der Waals surface area contributed by atoms with Crippen LogP contribution in [0.15, 0.2) is 6.20 Å². The van der Waals surface area contributed by atoms with Crippen LogP contribution in [0.2, 0.25) is 0 Å². The topological polar surface area (TPSA) is 130 Å². The minimum Gasteiger partial charge on any atom is -0.394 e. The normalized spacial score (nSPS) is 28.0. The molecule has 1 saturated heterocycles. The highest BCUT2D eigenvalue weighted by molar-refractivity contribution is 4.92. The molecule has 1 aliphatic heterocycles. The Labute approximate surface area is 179 Å². The van der Waals surface area contributed by atoms with E-state index in [1.54, 1.807) is 0 Å². The van der Waals surface area contributed by atoms with Crippen molar-refractivity contribution in [2.24, 2.45) is 5.92 Å². The van der Waals surface area contributed by atoms with Gasteiger partial charge >= 0.3 is 0 Å². The van der Waals surface area contributed by atoms with Crippen molar-refractivity contribution < 1.29 is 29.9 Å². The van der Waals surface area contributed by atoms with Crippen molar-refractivity contribution in [3.05, 3.63) is 11.9 Å². The van der Waals surface area contributed by atoms with Crippen LogP contribution in [0.25, 0.3) is 0 Å². The molecule has 0 aliphatic carbocycles. The van der Waals surface area contributed by atoms with E-state index in [-0.39, 0.29) is 6.61 Å². The van der Waals surface area contributed by atoms with E-state index < -0.39 is 37.3 Å². The van der Waals surface area contributed by atoms with Crippen LogP contribution < -0.4 is 0 Å². The number of nitrogens with zero attached hydrogens (tertiary/aromatic N) is 3. The zero-order valence-corrected chi connectivity index (χ0v) is 18.3. The molecule has 0 bridgehead atoms. The highest BCUT2D eigenvalue weighted by Crippen LogP contribution is 2.23. The van der Waals surface area contributed by atoms with Gasteiger partial charge in [-0.3, -0.25) is 4.68 Å². The largest absolute Gasteiger partial charge is 0.394 e. The summed E-state index contributed by atoms with van der Waals surface area (Å²) in [6.07, 6.45) is 5.19. The maximum Gasteiger partial charge on any atom is 0.187 e. The maximum atomic E-state index is 10.0. The van der Waals surface area contributed by atoms with Gasteiger partial charge in [0.05, 0.1) is 19.4 Å². The van der Waals surface area contributed by atoms with Crippen molar-refractivity contribution >= 4 is 0 Å². The number of aromatic nitrogens is 3. The molecule has 0 spiro atoms. The summed E-state index contributed by atoms with van der Waals surface area (Å²) < 4.78 is 12.7. The Hall–Kier alpha value is -1.10. The molecule has 174 valence electrons. The molecule has 0 radical (unpaired) electrons. The first-order valence-electron chi connectivity index (χ1n) is 11.3. The van der Waals surface area contributed by atoms with Crippen molar-refractivity contribution in [1.82, 2.24) is 15.0 Å². The fraction of sp³-hybridized carbons (Fsp3) is 0.905. The monoisotopic (exact) mass is 429 g/mol. The lowest BCUT2D eigenvalue weighted by Crippen LogP contribution is -2.59. The van der Waals surface area contributed by atoms with Crippen LogP contribution in [-0.4, -0.2) is 72.7 Å². The van der Waals surface area contributed by atoms with Crippen molar-refractivity contribution in [1.29, 1.82) is 0 Å². The molecule has 2 heterocycles. The fourth-order valence-corrected chi connectivity index (χ4v) is 3.81. The summed E-state index contributed by atoms with van der Waals surface area (Å²) in [7, 11) is 0. The third kappa shape index (κ3) is 7.55. The van der Waals surface area contributed by atoms with Gasteiger partial charge in [-0.05, 0) is 18.8 Å². The lowest BCUT2D eigenvalue weighted by molar-refractivity contribution is -0.304. The Morgan fingerprint density at radius 1 is 1.03 bits per heavy atom. The van der Waals surface area contributed by atoms with E-state index in [2.05, 4.69) is 24.2 Å². The van der Waals surface area contributed by atoms with E-state index in [0.717, 1.165) is 6.54 Å². The van der Waals surface area contributed by atoms with Crippen LogP contribution in [0.4, 0.5) is 0 Å². The molecule has 9 heteroatoms. The molecule has 0 aromatic carbocycles. The fourth-order valence-electron chi connectivity index (χ4n) is 3.81. The van der Waals surface area contributed by atoms with Crippen molar-refractivity contribution in [3.8, 4) is 0 Å². The van der Waals surface area contributed by atoms with E-state index in [9.17, 15) is 20.4 Å². The van der Waals surface area contributed by atoms with Crippen molar-refractivity contribution in [3.63, 3.8) is 0 Å². The standard InChI is InChI=1S/C21H39N3O6/c1-3-5-7-8-10-15(9-6-4-2)11-24-12-16(22-23-24)14-29-21-20(28)19(27)18(26)17(13-25)30-21/h12,15,17-21,25-28H,3-11,13-14H2,1-2H3/t15?,17-,18-,19+,20-,21+/m1/s1. The second-order valence-corrected chi connectivity index (χ2v) is 8.30. The Bertz CT molecular complexity index is 585. The van der Waals surface area contributed by atoms with Gasteiger partial charge < -0.3 is 29.9 Å². The maximum absolute atomic E-state index is 10.0. The molecule has 9 nitrogen and oxygen atoms in total. The van der Waals surface area contributed by atoms with Gasteiger partial charge in [0.15, 0.2) is 6.29 Å². The van der Waals surface area contributed by atoms with E-state index >= 15 is 0 Å². The molecule has 1 aromatic heterocycles. The number of rotatable bonds is 14. The first kappa shape index (κ1) is 25.2. The van der Waals surface area contributed by atoms with Crippen LogP contribution in [0.3, 0.4) is 0 Å². The smallest absolute Gasteiger partial charge is 0.187 e. The molecule has 0 amide bonds. The van der Waals surface area contributed by atoms with E-state index in [4.69, 9.17) is 9.47 Å². The Kier molecular flexibility index (Phi) is 11.2. The molecule has 4 N–H and O–H groups in total. The Morgan fingerprint density at radius 3 is 2.47 bits per heavy atom. The molecule has 2 rings (SSSR count). The predicted molar refractivity (Wildman–Crippen MR) is 110 cm³/mol. The Morgan fingerprint density at radius 2 is 1.77 bits per heavy atom. The van der Waals surface area contributed by atoms with Gasteiger partial charge in [0.1, 0.15) is 30.1 Å². The quantitative estimate of drug-likeness (QED) is 0.326. The molecule has 0 saturated carbocycles. The molecule has 1 unspecified atom stereocenters. The number of unbranched alkanes of at least 4 members (excludes halogenated alkanes) is 4. The number of hydrogen-bond acceptors (Lipinski definition) is 8. The van der Waals surface area contributed by atoms with Crippen LogP contribution >= 0.6 is 0 Å². The summed E-state index contributed by atoms with van der Waals surface area (Å²) in [5, 5.41) is 47.3. The predicted octanol–water partition coefficient (Wildman–Crippen LogP) is 1.37. The van der Waals surface area contributed by atoms with Gasteiger partial charge in [0.2, 0.25) is 0 Å². The SMILES string of the molecule is CCCCCCC(CCCC)Cn1cc(CO[C@H]2O[C@H](CO)[C@@H](O)[C@H](O)[C@H]2O)nn1. The summed E-state index contributed by atoms with van der Waals surface area (Å²) in [4.78, 5) is 0. The van der Waals surface area contributed by atoms with E-state index in [0.29, 0.717) is 11.6 Å². The van der Waals surface area contributed by atoms with Crippen molar-refractivity contribution in [2.45, 2.75) is 109 Å². The Balaban J connectivity index is 1.85. The molecular weight excluding hydrogens is 390 g/mol. The first-order chi connectivity index (χ1) is 14.5. The number of aliphatic hydroxyl groups is 4. The van der Waals surface area contributed by atoms with Crippen LogP contribution in [0.5, 0.6) is 0 Å². The summed E-state index contributed by atoms with van der Waals surface area (Å²) in [5.41, 5.74) is 0.590. The average Bonchev–Trinajstić information content (AvgIpc) is 3.20. The van der Waals surface area contributed by atoms with Crippen molar-refractivity contribution in [2.75, 3.05) is 6.61 Å². The third-order valence-electron chi connectivity index (χ3n) is 5.71. The minimum atomic E-state index is -1.45. The molecular formula is C21H39N3O6. The first-order valence-corrected chi connectivity index (χ1v) is 11.3. The van der Waals surface area contributed by atoms with Gasteiger partial charge in [-0.2, -0.15) is 0 Å². The zero-order valence-electron chi connectivity index (χ0n) is 18.3. The van der Waals surface area contributed by atoms with Gasteiger partial charge in [0.25, 0.3) is 0 Å². The van der Waals surface area contributed by atoms with Gasteiger partial charge in [-0.25, -0.2) is 0 Å². The highest BCUT2D eigenvalue weighted by Gasteiger charge is 2.44. The van der Waals surface area contributed by atoms with Gasteiger partial charge in [0, 0.05) is 6.54 Å². The summed E-state index contributed by atoms with van der Waals surface area (Å²) in [6.45, 7) is 4.80. The third-order valence-corrected chi connectivity index (χ3v) is 5.71. The summed E-state index contributed by atoms with van der Waals surface area (Å²) in [5.74, 6) is 0.572. The summed E-state index contributed by atoms with van der Waals surface area (Å²) in [6, 6.07) is 0.